The number of hydrogen-bond acceptors (Lipinski definition) is 5. The van der Waals surface area contributed by atoms with Crippen LogP contribution in [0.5, 0.6) is 0 Å². The maximum Gasteiger partial charge on any atom is 0.269 e. The lowest BCUT2D eigenvalue weighted by atomic mass is 10.00. The van der Waals surface area contributed by atoms with Gasteiger partial charge in [-0.2, -0.15) is 0 Å². The summed E-state index contributed by atoms with van der Waals surface area (Å²) >= 11 is 0. The molecule has 0 aliphatic carbocycles. The highest BCUT2D eigenvalue weighted by Crippen LogP contribution is 2.33. The minimum atomic E-state index is -0.518. The van der Waals surface area contributed by atoms with Crippen molar-refractivity contribution in [1.29, 1.82) is 0 Å². The summed E-state index contributed by atoms with van der Waals surface area (Å²) in [7, 11) is 0. The third kappa shape index (κ3) is 1.70. The predicted molar refractivity (Wildman–Crippen MR) is 65.4 cm³/mol. The van der Waals surface area contributed by atoms with Gasteiger partial charge in [-0.05, 0) is 12.1 Å². The Morgan fingerprint density at radius 1 is 1.11 bits per heavy atom. The number of nitrogens with one attached hydrogen (secondary N) is 1. The molecule has 2 aliphatic heterocycles. The van der Waals surface area contributed by atoms with Gasteiger partial charge in [0.2, 0.25) is 11.8 Å². The number of anilines is 1. The second-order valence-corrected chi connectivity index (χ2v) is 4.66. The van der Waals surface area contributed by atoms with E-state index >= 15 is 0 Å². The van der Waals surface area contributed by atoms with E-state index in [1.54, 1.807) is 0 Å². The molecule has 0 saturated carbocycles. The maximum absolute atomic E-state index is 12.1. The summed E-state index contributed by atoms with van der Waals surface area (Å²) in [6, 6.07) is 5.45. The van der Waals surface area contributed by atoms with Crippen LogP contribution in [0.2, 0.25) is 0 Å². The molecular formula is C12H11N3O4. The van der Waals surface area contributed by atoms with Crippen molar-refractivity contribution in [1.82, 2.24) is 5.32 Å². The molecule has 7 heteroatoms. The fraction of sp³-hybridized carbons (Fsp3) is 0.333. The Morgan fingerprint density at radius 3 is 2.11 bits per heavy atom. The summed E-state index contributed by atoms with van der Waals surface area (Å²) in [6.45, 7) is 1.03. The minimum Gasteiger partial charge on any atom is -0.315 e. The molecule has 0 spiro atoms. The van der Waals surface area contributed by atoms with Crippen LogP contribution >= 0.6 is 0 Å². The highest BCUT2D eigenvalue weighted by atomic mass is 16.6. The Hall–Kier alpha value is -2.28. The van der Waals surface area contributed by atoms with Crippen LogP contribution in [0.3, 0.4) is 0 Å². The molecule has 0 aromatic heterocycles. The highest BCUT2D eigenvalue weighted by Gasteiger charge is 2.50. The molecule has 0 bridgehead atoms. The van der Waals surface area contributed by atoms with Gasteiger partial charge < -0.3 is 5.32 Å². The standard InChI is InChI=1S/C12H11N3O4/c16-11-9-5-13-6-10(9)12(17)14(11)7-1-3-8(4-2-7)15(18)19/h1-4,9-10,13H,5-6H2. The van der Waals surface area contributed by atoms with Gasteiger partial charge in [0, 0.05) is 25.2 Å². The number of amides is 2. The monoisotopic (exact) mass is 261 g/mol. The first kappa shape index (κ1) is 11.8. The molecule has 2 unspecified atom stereocenters. The van der Waals surface area contributed by atoms with Gasteiger partial charge in [-0.15, -0.1) is 0 Å². The normalized spacial score (nSPS) is 25.8. The number of imide groups is 1. The summed E-state index contributed by atoms with van der Waals surface area (Å²) in [4.78, 5) is 35.5. The zero-order valence-corrected chi connectivity index (χ0v) is 9.91. The first-order valence-electron chi connectivity index (χ1n) is 5.92. The fourth-order valence-corrected chi connectivity index (χ4v) is 2.62. The Balaban J connectivity index is 1.92. The van der Waals surface area contributed by atoms with Crippen molar-refractivity contribution < 1.29 is 14.5 Å². The van der Waals surface area contributed by atoms with E-state index in [1.165, 1.54) is 24.3 Å². The quantitative estimate of drug-likeness (QED) is 0.469. The number of carbonyl (C=O) groups excluding carboxylic acids is 2. The molecule has 2 aliphatic rings. The first-order chi connectivity index (χ1) is 9.09. The van der Waals surface area contributed by atoms with E-state index in [-0.39, 0.29) is 29.3 Å². The van der Waals surface area contributed by atoms with Crippen molar-refractivity contribution in [2.45, 2.75) is 0 Å². The fourth-order valence-electron chi connectivity index (χ4n) is 2.62. The summed E-state index contributed by atoms with van der Waals surface area (Å²) < 4.78 is 0. The zero-order valence-electron chi connectivity index (χ0n) is 9.91. The number of nitro benzene ring substituents is 1. The van der Waals surface area contributed by atoms with Crippen molar-refractivity contribution in [3.63, 3.8) is 0 Å². The van der Waals surface area contributed by atoms with Gasteiger partial charge in [-0.3, -0.25) is 19.7 Å². The third-order valence-corrected chi connectivity index (χ3v) is 3.61. The number of nitro groups is 1. The largest absolute Gasteiger partial charge is 0.315 e. The molecule has 2 fully saturated rings. The molecule has 3 rings (SSSR count). The molecule has 19 heavy (non-hydrogen) atoms. The van der Waals surface area contributed by atoms with Crippen LogP contribution in [-0.2, 0) is 9.59 Å². The lowest BCUT2D eigenvalue weighted by molar-refractivity contribution is -0.384. The van der Waals surface area contributed by atoms with Crippen molar-refractivity contribution in [3.05, 3.63) is 34.4 Å². The molecule has 0 radical (unpaired) electrons. The van der Waals surface area contributed by atoms with Crippen LogP contribution in [0, 0.1) is 22.0 Å². The number of non-ortho nitro benzene ring substituents is 1. The van der Waals surface area contributed by atoms with Gasteiger partial charge in [0.25, 0.3) is 5.69 Å². The van der Waals surface area contributed by atoms with E-state index in [0.717, 1.165) is 4.90 Å². The van der Waals surface area contributed by atoms with Crippen LogP contribution in [0.4, 0.5) is 11.4 Å². The maximum atomic E-state index is 12.1. The second-order valence-electron chi connectivity index (χ2n) is 4.66. The molecule has 98 valence electrons. The number of fused-ring (bicyclic) bond motifs is 1. The Labute approximate surface area is 108 Å². The highest BCUT2D eigenvalue weighted by molar-refractivity contribution is 6.22. The van der Waals surface area contributed by atoms with Gasteiger partial charge >= 0.3 is 0 Å². The molecule has 2 heterocycles. The molecule has 1 N–H and O–H groups in total. The van der Waals surface area contributed by atoms with Crippen molar-refractivity contribution >= 4 is 23.2 Å². The van der Waals surface area contributed by atoms with Gasteiger partial charge in [-0.25, -0.2) is 4.90 Å². The lowest BCUT2D eigenvalue weighted by Gasteiger charge is -2.15. The van der Waals surface area contributed by atoms with E-state index in [1.807, 2.05) is 0 Å². The number of rotatable bonds is 2. The SMILES string of the molecule is O=C1C2CNCC2C(=O)N1c1ccc([N+](=O)[O-])cc1. The average Bonchev–Trinajstić information content (AvgIpc) is 2.95. The van der Waals surface area contributed by atoms with Crippen molar-refractivity contribution in [3.8, 4) is 0 Å². The zero-order chi connectivity index (χ0) is 13.6. The van der Waals surface area contributed by atoms with Gasteiger partial charge in [0.15, 0.2) is 0 Å². The van der Waals surface area contributed by atoms with E-state index < -0.39 is 4.92 Å². The number of nitrogens with zero attached hydrogens (tertiary/aromatic N) is 2. The third-order valence-electron chi connectivity index (χ3n) is 3.61. The molecule has 2 saturated heterocycles. The lowest BCUT2D eigenvalue weighted by Crippen LogP contribution is -2.34. The Bertz CT molecular complexity index is 547. The number of benzene rings is 1. The van der Waals surface area contributed by atoms with Crippen LogP contribution < -0.4 is 10.2 Å². The number of hydrogen-bond donors (Lipinski definition) is 1. The smallest absolute Gasteiger partial charge is 0.269 e. The van der Waals surface area contributed by atoms with E-state index in [9.17, 15) is 19.7 Å². The van der Waals surface area contributed by atoms with E-state index in [2.05, 4.69) is 5.32 Å². The van der Waals surface area contributed by atoms with Crippen LogP contribution in [0.25, 0.3) is 0 Å². The summed E-state index contributed by atoms with van der Waals surface area (Å²) in [5.41, 5.74) is 0.333. The van der Waals surface area contributed by atoms with Crippen LogP contribution in [0.1, 0.15) is 0 Å². The van der Waals surface area contributed by atoms with E-state index in [4.69, 9.17) is 0 Å². The second kappa shape index (κ2) is 4.13. The van der Waals surface area contributed by atoms with E-state index in [0.29, 0.717) is 18.8 Å². The molecule has 2 amide bonds. The van der Waals surface area contributed by atoms with Gasteiger partial charge in [0.1, 0.15) is 0 Å². The molecule has 1 aromatic rings. The summed E-state index contributed by atoms with van der Waals surface area (Å²) in [5, 5.41) is 13.6. The molecule has 2 atom stereocenters. The first-order valence-corrected chi connectivity index (χ1v) is 5.92. The molecule has 7 nitrogen and oxygen atoms in total. The topological polar surface area (TPSA) is 92.6 Å². The average molecular weight is 261 g/mol. The summed E-state index contributed by atoms with van der Waals surface area (Å²) in [5.74, 6) is -1.06. The predicted octanol–water partition coefficient (Wildman–Crippen LogP) is 0.304. The summed E-state index contributed by atoms with van der Waals surface area (Å²) in [6.07, 6.45) is 0. The molecular weight excluding hydrogens is 250 g/mol. The van der Waals surface area contributed by atoms with Gasteiger partial charge in [0.05, 0.1) is 22.4 Å². The Morgan fingerprint density at radius 2 is 1.63 bits per heavy atom. The number of carbonyl (C=O) groups is 2. The molecule has 1 aromatic carbocycles. The van der Waals surface area contributed by atoms with Crippen LogP contribution in [0.15, 0.2) is 24.3 Å². The van der Waals surface area contributed by atoms with Gasteiger partial charge in [-0.1, -0.05) is 0 Å². The Kier molecular flexibility index (Phi) is 2.56. The van der Waals surface area contributed by atoms with Crippen LogP contribution in [-0.4, -0.2) is 29.8 Å². The van der Waals surface area contributed by atoms with Crippen molar-refractivity contribution in [2.75, 3.05) is 18.0 Å². The minimum absolute atomic E-state index is 0.0651. The van der Waals surface area contributed by atoms with Crippen molar-refractivity contribution in [2.24, 2.45) is 11.8 Å².